The molecule has 0 amide bonds. The van der Waals surface area contributed by atoms with E-state index in [-0.39, 0.29) is 0 Å². The number of hydrogen-bond acceptors (Lipinski definition) is 4. The van der Waals surface area contributed by atoms with E-state index in [0.29, 0.717) is 13.2 Å². The molecule has 0 saturated carbocycles. The Labute approximate surface area is 122 Å². The van der Waals surface area contributed by atoms with Crippen molar-refractivity contribution in [1.82, 2.24) is 10.2 Å². The van der Waals surface area contributed by atoms with Gasteiger partial charge in [0.2, 0.25) is 0 Å². The van der Waals surface area contributed by atoms with Crippen molar-refractivity contribution >= 4 is 0 Å². The van der Waals surface area contributed by atoms with Crippen LogP contribution in [-0.4, -0.2) is 50.3 Å². The summed E-state index contributed by atoms with van der Waals surface area (Å²) in [5.74, 6) is 0.778. The predicted molar refractivity (Wildman–Crippen MR) is 83.3 cm³/mol. The lowest BCUT2D eigenvalue weighted by atomic mass is 10.1. The Morgan fingerprint density at radius 3 is 2.75 bits per heavy atom. The van der Waals surface area contributed by atoms with Gasteiger partial charge in [-0.15, -0.1) is 0 Å². The lowest BCUT2D eigenvalue weighted by Crippen LogP contribution is -2.25. The van der Waals surface area contributed by atoms with Crippen LogP contribution >= 0.6 is 0 Å². The van der Waals surface area contributed by atoms with E-state index in [9.17, 15) is 5.11 Å². The molecule has 0 spiro atoms. The average Bonchev–Trinajstić information content (AvgIpc) is 2.40. The van der Waals surface area contributed by atoms with E-state index >= 15 is 0 Å². The molecular weight excluding hydrogens is 252 g/mol. The molecule has 1 aromatic carbocycles. The Bertz CT molecular complexity index is 394. The monoisotopic (exact) mass is 280 g/mol. The molecule has 1 unspecified atom stereocenters. The summed E-state index contributed by atoms with van der Waals surface area (Å²) in [6.07, 6.45) is 0.544. The number of nitrogens with zero attached hydrogens (tertiary/aromatic N) is 1. The zero-order valence-corrected chi connectivity index (χ0v) is 13.1. The molecule has 0 bridgehead atoms. The number of aliphatic hydroxyl groups excluding tert-OH is 1. The van der Waals surface area contributed by atoms with Gasteiger partial charge in [0, 0.05) is 12.1 Å². The Morgan fingerprint density at radius 2 is 2.10 bits per heavy atom. The van der Waals surface area contributed by atoms with Crippen LogP contribution < -0.4 is 10.1 Å². The van der Waals surface area contributed by atoms with Crippen molar-refractivity contribution in [3.8, 4) is 5.75 Å². The molecule has 4 heteroatoms. The van der Waals surface area contributed by atoms with Gasteiger partial charge < -0.3 is 20.1 Å². The number of ether oxygens (including phenoxy) is 1. The van der Waals surface area contributed by atoms with Crippen LogP contribution in [0.4, 0.5) is 0 Å². The minimum absolute atomic E-state index is 0.532. The van der Waals surface area contributed by atoms with Gasteiger partial charge in [-0.2, -0.15) is 0 Å². The maximum atomic E-state index is 10.3. The molecule has 0 radical (unpaired) electrons. The predicted octanol–water partition coefficient (Wildman–Crippen LogP) is 1.97. The molecule has 1 atom stereocenters. The van der Waals surface area contributed by atoms with Gasteiger partial charge in [-0.05, 0) is 59.6 Å². The fourth-order valence-corrected chi connectivity index (χ4v) is 2.08. The summed E-state index contributed by atoms with van der Waals surface area (Å²) in [6.45, 7) is 7.10. The van der Waals surface area contributed by atoms with Gasteiger partial charge >= 0.3 is 0 Å². The minimum Gasteiger partial charge on any atom is -0.493 e. The van der Waals surface area contributed by atoms with Crippen LogP contribution in [0.2, 0.25) is 0 Å². The molecule has 0 fully saturated rings. The van der Waals surface area contributed by atoms with E-state index in [4.69, 9.17) is 4.74 Å². The van der Waals surface area contributed by atoms with Crippen molar-refractivity contribution in [2.24, 2.45) is 0 Å². The summed E-state index contributed by atoms with van der Waals surface area (Å²) in [5, 5.41) is 13.6. The fraction of sp³-hybridized carbons (Fsp3) is 0.625. The summed E-state index contributed by atoms with van der Waals surface area (Å²) in [6, 6.07) is 5.94. The summed E-state index contributed by atoms with van der Waals surface area (Å²) in [4.78, 5) is 2.16. The van der Waals surface area contributed by atoms with Gasteiger partial charge in [0.1, 0.15) is 5.75 Å². The van der Waals surface area contributed by atoms with Crippen LogP contribution in [-0.2, 0) is 0 Å². The highest BCUT2D eigenvalue weighted by Gasteiger charge is 2.13. The van der Waals surface area contributed by atoms with E-state index < -0.39 is 6.10 Å². The van der Waals surface area contributed by atoms with Crippen molar-refractivity contribution in [1.29, 1.82) is 0 Å². The SMILES string of the molecule is CCOc1ccc(C)cc1C(O)CNCCCN(C)C. The number of nitrogens with one attached hydrogen (secondary N) is 1. The second kappa shape index (κ2) is 8.95. The van der Waals surface area contributed by atoms with Gasteiger partial charge in [0.15, 0.2) is 0 Å². The van der Waals surface area contributed by atoms with Crippen LogP contribution in [0, 0.1) is 6.92 Å². The molecule has 4 nitrogen and oxygen atoms in total. The number of aryl methyl sites for hydroxylation is 1. The number of rotatable bonds is 9. The fourth-order valence-electron chi connectivity index (χ4n) is 2.08. The number of benzene rings is 1. The largest absolute Gasteiger partial charge is 0.493 e. The third-order valence-electron chi connectivity index (χ3n) is 3.12. The summed E-state index contributed by atoms with van der Waals surface area (Å²) in [5.41, 5.74) is 2.00. The highest BCUT2D eigenvalue weighted by molar-refractivity contribution is 5.38. The van der Waals surface area contributed by atoms with Crippen LogP contribution in [0.5, 0.6) is 5.75 Å². The first-order valence-corrected chi connectivity index (χ1v) is 7.31. The van der Waals surface area contributed by atoms with Crippen LogP contribution in [0.15, 0.2) is 18.2 Å². The van der Waals surface area contributed by atoms with Crippen molar-refractivity contribution in [2.75, 3.05) is 40.3 Å². The minimum atomic E-state index is -0.532. The van der Waals surface area contributed by atoms with E-state index in [1.807, 2.05) is 32.0 Å². The van der Waals surface area contributed by atoms with Crippen LogP contribution in [0.25, 0.3) is 0 Å². The first-order chi connectivity index (χ1) is 9.54. The first kappa shape index (κ1) is 17.0. The van der Waals surface area contributed by atoms with E-state index in [1.54, 1.807) is 0 Å². The lowest BCUT2D eigenvalue weighted by molar-refractivity contribution is 0.168. The quantitative estimate of drug-likeness (QED) is 0.679. The number of hydrogen-bond donors (Lipinski definition) is 2. The Balaban J connectivity index is 2.49. The highest BCUT2D eigenvalue weighted by Crippen LogP contribution is 2.26. The zero-order valence-electron chi connectivity index (χ0n) is 13.1. The summed E-state index contributed by atoms with van der Waals surface area (Å²) < 4.78 is 5.58. The molecule has 0 aliphatic rings. The van der Waals surface area contributed by atoms with Gasteiger partial charge in [0.25, 0.3) is 0 Å². The standard InChI is InChI=1S/C16H28N2O2/c1-5-20-16-8-7-13(2)11-14(16)15(19)12-17-9-6-10-18(3)4/h7-8,11,15,17,19H,5-6,9-10,12H2,1-4H3. The Hall–Kier alpha value is -1.10. The summed E-state index contributed by atoms with van der Waals surface area (Å²) in [7, 11) is 4.13. The highest BCUT2D eigenvalue weighted by atomic mass is 16.5. The molecule has 1 aromatic rings. The molecule has 0 aliphatic heterocycles. The topological polar surface area (TPSA) is 44.7 Å². The van der Waals surface area contributed by atoms with E-state index in [1.165, 1.54) is 0 Å². The number of aliphatic hydroxyl groups is 1. The van der Waals surface area contributed by atoms with Crippen LogP contribution in [0.3, 0.4) is 0 Å². The zero-order chi connectivity index (χ0) is 15.0. The lowest BCUT2D eigenvalue weighted by Gasteiger charge is -2.17. The second-order valence-electron chi connectivity index (χ2n) is 5.35. The van der Waals surface area contributed by atoms with Crippen molar-refractivity contribution in [2.45, 2.75) is 26.4 Å². The maximum absolute atomic E-state index is 10.3. The second-order valence-corrected chi connectivity index (χ2v) is 5.35. The smallest absolute Gasteiger partial charge is 0.125 e. The third-order valence-corrected chi connectivity index (χ3v) is 3.12. The van der Waals surface area contributed by atoms with E-state index in [0.717, 1.165) is 36.4 Å². The van der Waals surface area contributed by atoms with Gasteiger partial charge in [-0.3, -0.25) is 0 Å². The van der Waals surface area contributed by atoms with E-state index in [2.05, 4.69) is 24.3 Å². The van der Waals surface area contributed by atoms with Gasteiger partial charge in [-0.1, -0.05) is 11.6 Å². The molecule has 0 aromatic heterocycles. The molecule has 20 heavy (non-hydrogen) atoms. The summed E-state index contributed by atoms with van der Waals surface area (Å²) >= 11 is 0. The first-order valence-electron chi connectivity index (χ1n) is 7.31. The average molecular weight is 280 g/mol. The van der Waals surface area contributed by atoms with Crippen molar-refractivity contribution < 1.29 is 9.84 Å². The van der Waals surface area contributed by atoms with Crippen LogP contribution in [0.1, 0.15) is 30.6 Å². The molecule has 114 valence electrons. The Morgan fingerprint density at radius 1 is 1.35 bits per heavy atom. The van der Waals surface area contributed by atoms with Crippen molar-refractivity contribution in [3.05, 3.63) is 29.3 Å². The normalized spacial score (nSPS) is 12.7. The van der Waals surface area contributed by atoms with Gasteiger partial charge in [0.05, 0.1) is 12.7 Å². The molecule has 2 N–H and O–H groups in total. The third kappa shape index (κ3) is 5.90. The molecular formula is C16H28N2O2. The molecule has 0 aliphatic carbocycles. The molecule has 1 rings (SSSR count). The Kier molecular flexibility index (Phi) is 7.59. The van der Waals surface area contributed by atoms with Gasteiger partial charge in [-0.25, -0.2) is 0 Å². The molecule has 0 saturated heterocycles. The maximum Gasteiger partial charge on any atom is 0.125 e. The van der Waals surface area contributed by atoms with Crippen molar-refractivity contribution in [3.63, 3.8) is 0 Å². The molecule has 0 heterocycles.